The normalized spacial score (nSPS) is 11.5. The molecule has 43 heavy (non-hydrogen) atoms. The van der Waals surface area contributed by atoms with Crippen molar-refractivity contribution >= 4 is 32.3 Å². The third-order valence-electron chi connectivity index (χ3n) is 8.88. The SMILES string of the molecule is Cc1ccc(-c2ccc(-c3c4ccccc4c(-c4cccc(-c5cc[nH]c5)c4)c4ccccc34)c3ccccc23)c(C)c1. The van der Waals surface area contributed by atoms with Gasteiger partial charge in [0.05, 0.1) is 0 Å². The molecule has 8 aromatic rings. The fraction of sp³-hybridized carbons (Fsp3) is 0.0476. The Morgan fingerprint density at radius 1 is 0.395 bits per heavy atom. The van der Waals surface area contributed by atoms with Crippen LogP contribution >= 0.6 is 0 Å². The average molecular weight is 550 g/mol. The van der Waals surface area contributed by atoms with Gasteiger partial charge in [0.1, 0.15) is 0 Å². The number of H-pyrrole nitrogens is 1. The quantitative estimate of drug-likeness (QED) is 0.210. The van der Waals surface area contributed by atoms with E-state index in [0.29, 0.717) is 0 Å². The van der Waals surface area contributed by atoms with E-state index in [-0.39, 0.29) is 0 Å². The van der Waals surface area contributed by atoms with Gasteiger partial charge in [-0.25, -0.2) is 0 Å². The summed E-state index contributed by atoms with van der Waals surface area (Å²) in [4.78, 5) is 3.21. The van der Waals surface area contributed by atoms with Crippen LogP contribution in [-0.2, 0) is 0 Å². The number of aromatic amines is 1. The van der Waals surface area contributed by atoms with Gasteiger partial charge in [-0.05, 0) is 108 Å². The zero-order valence-electron chi connectivity index (χ0n) is 24.4. The van der Waals surface area contributed by atoms with E-state index >= 15 is 0 Å². The second kappa shape index (κ2) is 10.2. The number of fused-ring (bicyclic) bond motifs is 3. The summed E-state index contributed by atoms with van der Waals surface area (Å²) in [5.41, 5.74) is 12.6. The summed E-state index contributed by atoms with van der Waals surface area (Å²) >= 11 is 0. The van der Waals surface area contributed by atoms with Crippen LogP contribution in [0, 0.1) is 13.8 Å². The number of hydrogen-bond donors (Lipinski definition) is 1. The van der Waals surface area contributed by atoms with Crippen LogP contribution in [0.3, 0.4) is 0 Å². The van der Waals surface area contributed by atoms with E-state index in [1.807, 2.05) is 6.20 Å². The Morgan fingerprint density at radius 3 is 1.58 bits per heavy atom. The zero-order chi connectivity index (χ0) is 28.9. The van der Waals surface area contributed by atoms with Crippen molar-refractivity contribution in [2.24, 2.45) is 0 Å². The molecule has 1 heteroatoms. The highest BCUT2D eigenvalue weighted by Crippen LogP contribution is 2.46. The van der Waals surface area contributed by atoms with Gasteiger partial charge in [-0.1, -0.05) is 127 Å². The lowest BCUT2D eigenvalue weighted by molar-refractivity contribution is 1.39. The molecule has 0 aliphatic carbocycles. The minimum atomic E-state index is 1.20. The molecule has 1 heterocycles. The van der Waals surface area contributed by atoms with Crippen LogP contribution in [0.1, 0.15) is 11.1 Å². The summed E-state index contributed by atoms with van der Waals surface area (Å²) in [5.74, 6) is 0. The van der Waals surface area contributed by atoms with E-state index in [1.54, 1.807) is 0 Å². The Balaban J connectivity index is 1.44. The number of aryl methyl sites for hydroxylation is 2. The van der Waals surface area contributed by atoms with Crippen molar-refractivity contribution in [1.29, 1.82) is 0 Å². The van der Waals surface area contributed by atoms with Gasteiger partial charge in [0, 0.05) is 12.4 Å². The van der Waals surface area contributed by atoms with Crippen molar-refractivity contribution in [3.63, 3.8) is 0 Å². The van der Waals surface area contributed by atoms with Gasteiger partial charge in [-0.2, -0.15) is 0 Å². The maximum atomic E-state index is 3.21. The summed E-state index contributed by atoms with van der Waals surface area (Å²) in [7, 11) is 0. The molecule has 1 nitrogen and oxygen atoms in total. The first kappa shape index (κ1) is 25.3. The first-order valence-corrected chi connectivity index (χ1v) is 14.9. The van der Waals surface area contributed by atoms with Crippen molar-refractivity contribution < 1.29 is 0 Å². The van der Waals surface area contributed by atoms with Crippen LogP contribution in [-0.4, -0.2) is 4.98 Å². The van der Waals surface area contributed by atoms with E-state index in [0.717, 1.165) is 0 Å². The molecule has 7 aromatic carbocycles. The fourth-order valence-corrected chi connectivity index (χ4v) is 6.96. The topological polar surface area (TPSA) is 15.8 Å². The first-order chi connectivity index (χ1) is 21.2. The molecule has 1 aromatic heterocycles. The van der Waals surface area contributed by atoms with Crippen LogP contribution in [0.2, 0.25) is 0 Å². The Morgan fingerprint density at radius 2 is 0.953 bits per heavy atom. The van der Waals surface area contributed by atoms with Crippen LogP contribution < -0.4 is 0 Å². The third kappa shape index (κ3) is 4.16. The fourth-order valence-electron chi connectivity index (χ4n) is 6.96. The standard InChI is InChI=1S/C42H31N/c1-27-18-19-32(28(2)24-27)35-20-21-40(34-13-4-3-12-33(34)35)42-38-16-7-5-14-36(38)41(37-15-6-8-17-39(37)42)30-11-9-10-29(25-30)31-22-23-43-26-31/h3-26,43H,1-2H3. The van der Waals surface area contributed by atoms with E-state index in [4.69, 9.17) is 0 Å². The molecule has 0 fully saturated rings. The smallest absolute Gasteiger partial charge is 0.00841 e. The molecular formula is C42H31N. The monoisotopic (exact) mass is 549 g/mol. The lowest BCUT2D eigenvalue weighted by Gasteiger charge is -2.20. The predicted octanol–water partition coefficient (Wildman–Crippen LogP) is 11.8. The minimum Gasteiger partial charge on any atom is -0.367 e. The van der Waals surface area contributed by atoms with Gasteiger partial charge in [0.25, 0.3) is 0 Å². The molecule has 1 N–H and O–H groups in total. The molecule has 0 spiro atoms. The summed E-state index contributed by atoms with van der Waals surface area (Å²) in [6.45, 7) is 4.38. The van der Waals surface area contributed by atoms with Gasteiger partial charge in [0.2, 0.25) is 0 Å². The molecule has 0 saturated heterocycles. The van der Waals surface area contributed by atoms with Crippen LogP contribution in [0.5, 0.6) is 0 Å². The summed E-state index contributed by atoms with van der Waals surface area (Å²) in [6, 6.07) is 49.3. The largest absolute Gasteiger partial charge is 0.367 e. The second-order valence-electron chi connectivity index (χ2n) is 11.5. The number of aromatic nitrogens is 1. The molecular weight excluding hydrogens is 518 g/mol. The van der Waals surface area contributed by atoms with Crippen LogP contribution in [0.4, 0.5) is 0 Å². The summed E-state index contributed by atoms with van der Waals surface area (Å²) < 4.78 is 0. The van der Waals surface area contributed by atoms with Crippen molar-refractivity contribution in [3.05, 3.63) is 157 Å². The Hall–Kier alpha value is -5.40. The van der Waals surface area contributed by atoms with Crippen molar-refractivity contribution in [2.75, 3.05) is 0 Å². The van der Waals surface area contributed by atoms with Gasteiger partial charge in [0.15, 0.2) is 0 Å². The highest BCUT2D eigenvalue weighted by Gasteiger charge is 2.19. The maximum absolute atomic E-state index is 3.21. The summed E-state index contributed by atoms with van der Waals surface area (Å²) in [6.07, 6.45) is 4.04. The lowest BCUT2D eigenvalue weighted by atomic mass is 9.83. The molecule has 0 saturated carbocycles. The molecule has 0 radical (unpaired) electrons. The minimum absolute atomic E-state index is 1.20. The Kier molecular flexibility index (Phi) is 5.98. The lowest BCUT2D eigenvalue weighted by Crippen LogP contribution is -1.93. The highest BCUT2D eigenvalue weighted by atomic mass is 14.6. The van der Waals surface area contributed by atoms with E-state index in [2.05, 4.69) is 158 Å². The van der Waals surface area contributed by atoms with Gasteiger partial charge >= 0.3 is 0 Å². The number of benzene rings is 7. The Bertz CT molecular complexity index is 2250. The maximum Gasteiger partial charge on any atom is 0.00841 e. The number of hydrogen-bond acceptors (Lipinski definition) is 0. The van der Waals surface area contributed by atoms with Crippen LogP contribution in [0.25, 0.3) is 76.8 Å². The molecule has 0 bridgehead atoms. The molecule has 0 atom stereocenters. The van der Waals surface area contributed by atoms with Gasteiger partial charge in [-0.15, -0.1) is 0 Å². The molecule has 0 amide bonds. The molecule has 0 aliphatic heterocycles. The van der Waals surface area contributed by atoms with Crippen LogP contribution in [0.15, 0.2) is 146 Å². The van der Waals surface area contributed by atoms with Gasteiger partial charge < -0.3 is 4.98 Å². The summed E-state index contributed by atoms with van der Waals surface area (Å²) in [5, 5.41) is 7.64. The van der Waals surface area contributed by atoms with E-state index in [9.17, 15) is 0 Å². The molecule has 0 aliphatic rings. The third-order valence-corrected chi connectivity index (χ3v) is 8.88. The predicted molar refractivity (Wildman–Crippen MR) is 185 cm³/mol. The highest BCUT2D eigenvalue weighted by molar-refractivity contribution is 6.24. The molecule has 0 unspecified atom stereocenters. The van der Waals surface area contributed by atoms with E-state index in [1.165, 1.54) is 88.0 Å². The van der Waals surface area contributed by atoms with Gasteiger partial charge in [-0.3, -0.25) is 0 Å². The van der Waals surface area contributed by atoms with E-state index < -0.39 is 0 Å². The van der Waals surface area contributed by atoms with Crippen molar-refractivity contribution in [3.8, 4) is 44.5 Å². The first-order valence-electron chi connectivity index (χ1n) is 14.9. The van der Waals surface area contributed by atoms with Crippen molar-refractivity contribution in [1.82, 2.24) is 4.98 Å². The molecule has 204 valence electrons. The number of nitrogens with one attached hydrogen (secondary N) is 1. The average Bonchev–Trinajstić information content (AvgIpc) is 3.59. The Labute approximate surface area is 252 Å². The second-order valence-corrected chi connectivity index (χ2v) is 11.5. The van der Waals surface area contributed by atoms with Crippen molar-refractivity contribution in [2.45, 2.75) is 13.8 Å². The zero-order valence-corrected chi connectivity index (χ0v) is 24.4. The molecule has 8 rings (SSSR count). The number of rotatable bonds is 4.